The van der Waals surface area contributed by atoms with E-state index in [0.717, 1.165) is 5.69 Å². The van der Waals surface area contributed by atoms with Crippen LogP contribution in [0.4, 0.5) is 5.69 Å². The molecule has 0 bridgehead atoms. The zero-order valence-electron chi connectivity index (χ0n) is 7.33. The monoisotopic (exact) mass is 183 g/mol. The topological polar surface area (TPSA) is 29.1 Å². The van der Waals surface area contributed by atoms with Crippen molar-refractivity contribution < 1.29 is 4.21 Å². The molecule has 1 atom stereocenters. The minimum atomic E-state index is -2.14. The Balaban J connectivity index is 2.85. The molecule has 0 radical (unpaired) electrons. The lowest BCUT2D eigenvalue weighted by atomic mass is 10.2. The summed E-state index contributed by atoms with van der Waals surface area (Å²) < 4.78 is 14.0. The summed E-state index contributed by atoms with van der Waals surface area (Å²) in [4.78, 5) is 0. The first-order chi connectivity index (χ1) is 5.47. The van der Waals surface area contributed by atoms with Gasteiger partial charge in [-0.1, -0.05) is 17.7 Å². The Hall–Kier alpha value is -0.960. The van der Waals surface area contributed by atoms with Gasteiger partial charge in [-0.25, -0.2) is 4.21 Å². The van der Waals surface area contributed by atoms with Crippen LogP contribution in [-0.2, 0) is 9.71 Å². The highest BCUT2D eigenvalue weighted by Gasteiger charge is 1.94. The highest BCUT2D eigenvalue weighted by molar-refractivity contribution is 8.00. The summed E-state index contributed by atoms with van der Waals surface area (Å²) in [5.41, 5.74) is 2.04. The van der Waals surface area contributed by atoms with Crippen molar-refractivity contribution >= 4 is 21.3 Å². The maximum Gasteiger partial charge on any atom is 0.0456 e. The summed E-state index contributed by atoms with van der Waals surface area (Å²) in [7, 11) is -2.14. The van der Waals surface area contributed by atoms with Gasteiger partial charge in [0.25, 0.3) is 0 Å². The van der Waals surface area contributed by atoms with Crippen molar-refractivity contribution in [2.24, 2.45) is 0 Å². The molecule has 0 heterocycles. The highest BCUT2D eigenvalue weighted by Crippen LogP contribution is 2.09. The molecule has 12 heavy (non-hydrogen) atoms. The van der Waals surface area contributed by atoms with E-state index in [0.29, 0.717) is 0 Å². The Kier molecular flexibility index (Phi) is 2.43. The predicted octanol–water partition coefficient (Wildman–Crippen LogP) is 1.67. The zero-order valence-corrected chi connectivity index (χ0v) is 8.15. The molecule has 0 saturated heterocycles. The fraction of sp³-hybridized carbons (Fsp3) is 0.222. The number of anilines is 1. The molecule has 0 saturated carbocycles. The Labute approximate surface area is 73.8 Å². The van der Waals surface area contributed by atoms with Crippen molar-refractivity contribution in [3.05, 3.63) is 29.8 Å². The summed E-state index contributed by atoms with van der Waals surface area (Å²) in [5, 5.41) is 0. The van der Waals surface area contributed by atoms with Crippen LogP contribution in [0.25, 0.3) is 0 Å². The third kappa shape index (κ3) is 2.96. The predicted molar refractivity (Wildman–Crippen MR) is 56.0 cm³/mol. The quantitative estimate of drug-likeness (QED) is 0.694. The molecule has 1 unspecified atom stereocenters. The molecular weight excluding hydrogens is 170 g/mol. The maximum absolute atomic E-state index is 11.2. The molecule has 1 N–H and O–H groups in total. The Morgan fingerprint density at radius 1 is 1.33 bits per heavy atom. The molecule has 0 fully saturated rings. The third-order valence-electron chi connectivity index (χ3n) is 1.39. The molecule has 0 spiro atoms. The molecule has 2 nitrogen and oxygen atoms in total. The van der Waals surface area contributed by atoms with E-state index in [9.17, 15) is 4.21 Å². The van der Waals surface area contributed by atoms with Gasteiger partial charge < -0.3 is 4.72 Å². The van der Waals surface area contributed by atoms with E-state index in [1.807, 2.05) is 31.2 Å². The van der Waals surface area contributed by atoms with E-state index in [2.05, 4.69) is 10.6 Å². The van der Waals surface area contributed by atoms with Crippen molar-refractivity contribution in [3.8, 4) is 0 Å². The molecule has 0 aliphatic heterocycles. The van der Waals surface area contributed by atoms with Crippen molar-refractivity contribution in [2.45, 2.75) is 6.92 Å². The van der Waals surface area contributed by atoms with E-state index >= 15 is 0 Å². The molecule has 0 aliphatic carbocycles. The van der Waals surface area contributed by atoms with Gasteiger partial charge in [-0.3, -0.25) is 0 Å². The molecule has 1 rings (SSSR count). The number of hydrogen-bond acceptors (Lipinski definition) is 1. The summed E-state index contributed by atoms with van der Waals surface area (Å²) in [5.74, 6) is 3.50. The number of benzene rings is 1. The second-order valence-electron chi connectivity index (χ2n) is 2.97. The largest absolute Gasteiger partial charge is 0.313 e. The standard InChI is InChI=1S/C9H13NOS/c1-8-4-6-9(7-5-8)10-12(2,3)11/h4-7H,2H2,1,3H3,(H,10,11). The van der Waals surface area contributed by atoms with E-state index in [4.69, 9.17) is 0 Å². The van der Waals surface area contributed by atoms with Crippen LogP contribution in [0.15, 0.2) is 24.3 Å². The number of aryl methyl sites for hydroxylation is 1. The second kappa shape index (κ2) is 3.19. The van der Waals surface area contributed by atoms with E-state index < -0.39 is 9.71 Å². The maximum atomic E-state index is 11.2. The van der Waals surface area contributed by atoms with Crippen LogP contribution in [0, 0.1) is 6.92 Å². The fourth-order valence-electron chi connectivity index (χ4n) is 0.871. The van der Waals surface area contributed by atoms with Gasteiger partial charge >= 0.3 is 0 Å². The average molecular weight is 183 g/mol. The third-order valence-corrected chi connectivity index (χ3v) is 2.05. The molecule has 3 heteroatoms. The SMILES string of the molecule is C=S(C)(=O)Nc1ccc(C)cc1. The first-order valence-corrected chi connectivity index (χ1v) is 5.77. The van der Waals surface area contributed by atoms with Gasteiger partial charge in [-0.05, 0) is 24.9 Å². The Morgan fingerprint density at radius 2 is 1.83 bits per heavy atom. The fourth-order valence-corrected chi connectivity index (χ4v) is 1.51. The van der Waals surface area contributed by atoms with Crippen LogP contribution in [0.1, 0.15) is 5.56 Å². The van der Waals surface area contributed by atoms with Crippen LogP contribution < -0.4 is 4.72 Å². The van der Waals surface area contributed by atoms with Crippen LogP contribution >= 0.6 is 0 Å². The molecule has 1 aromatic carbocycles. The lowest BCUT2D eigenvalue weighted by Gasteiger charge is -2.06. The van der Waals surface area contributed by atoms with Gasteiger partial charge in [0.2, 0.25) is 0 Å². The summed E-state index contributed by atoms with van der Waals surface area (Å²) in [6.45, 7) is 2.01. The van der Waals surface area contributed by atoms with E-state index in [1.165, 1.54) is 5.56 Å². The Morgan fingerprint density at radius 3 is 2.25 bits per heavy atom. The molecule has 0 aliphatic rings. The summed E-state index contributed by atoms with van der Waals surface area (Å²) in [6, 6.07) is 7.72. The van der Waals surface area contributed by atoms with Gasteiger partial charge in [0.1, 0.15) is 0 Å². The van der Waals surface area contributed by atoms with Crippen LogP contribution in [0.3, 0.4) is 0 Å². The Bertz CT molecular complexity index is 351. The molecular formula is C9H13NOS. The smallest absolute Gasteiger partial charge is 0.0456 e. The van der Waals surface area contributed by atoms with E-state index in [-0.39, 0.29) is 0 Å². The average Bonchev–Trinajstić information content (AvgIpc) is 1.91. The van der Waals surface area contributed by atoms with E-state index in [1.54, 1.807) is 6.26 Å². The highest BCUT2D eigenvalue weighted by atomic mass is 32.2. The van der Waals surface area contributed by atoms with Gasteiger partial charge in [0.05, 0.1) is 0 Å². The van der Waals surface area contributed by atoms with Crippen LogP contribution in [0.5, 0.6) is 0 Å². The van der Waals surface area contributed by atoms with Crippen molar-refractivity contribution in [1.29, 1.82) is 0 Å². The van der Waals surface area contributed by atoms with Gasteiger partial charge in [-0.2, -0.15) is 0 Å². The normalized spacial score (nSPS) is 15.2. The lowest BCUT2D eigenvalue weighted by molar-refractivity contribution is 0.688. The van der Waals surface area contributed by atoms with Crippen LogP contribution in [-0.4, -0.2) is 16.3 Å². The molecule has 0 amide bonds. The zero-order chi connectivity index (χ0) is 9.19. The number of nitrogens with one attached hydrogen (secondary N) is 1. The minimum absolute atomic E-state index is 0.850. The number of rotatable bonds is 2. The van der Waals surface area contributed by atoms with Gasteiger partial charge in [0.15, 0.2) is 0 Å². The van der Waals surface area contributed by atoms with Gasteiger partial charge in [-0.15, -0.1) is 0 Å². The molecule has 66 valence electrons. The van der Waals surface area contributed by atoms with Crippen molar-refractivity contribution in [2.75, 3.05) is 11.0 Å². The minimum Gasteiger partial charge on any atom is -0.313 e. The summed E-state index contributed by atoms with van der Waals surface area (Å²) in [6.07, 6.45) is 1.58. The van der Waals surface area contributed by atoms with Crippen molar-refractivity contribution in [1.82, 2.24) is 0 Å². The first-order valence-electron chi connectivity index (χ1n) is 3.64. The van der Waals surface area contributed by atoms with Crippen LogP contribution in [0.2, 0.25) is 0 Å². The lowest BCUT2D eigenvalue weighted by Crippen LogP contribution is -2.08. The summed E-state index contributed by atoms with van der Waals surface area (Å²) >= 11 is 0. The first kappa shape index (κ1) is 9.13. The van der Waals surface area contributed by atoms with Crippen molar-refractivity contribution in [3.63, 3.8) is 0 Å². The molecule has 1 aromatic rings. The van der Waals surface area contributed by atoms with Gasteiger partial charge in [0, 0.05) is 21.7 Å². The number of hydrogen-bond donors (Lipinski definition) is 1. The second-order valence-corrected chi connectivity index (χ2v) is 5.19. The molecule has 0 aromatic heterocycles.